The summed E-state index contributed by atoms with van der Waals surface area (Å²) in [4.78, 5) is 1.14. The number of hydrogen-bond donors (Lipinski definition) is 0. The topological polar surface area (TPSA) is 23.8 Å². The molecule has 0 bridgehead atoms. The van der Waals surface area contributed by atoms with Crippen molar-refractivity contribution in [2.45, 2.75) is 6.42 Å². The van der Waals surface area contributed by atoms with E-state index in [0.29, 0.717) is 6.42 Å². The maximum Gasteiger partial charge on any atom is 0.0696 e. The van der Waals surface area contributed by atoms with Crippen LogP contribution in [0, 0.1) is 11.3 Å². The van der Waals surface area contributed by atoms with E-state index in [-0.39, 0.29) is 0 Å². The van der Waals surface area contributed by atoms with Gasteiger partial charge in [-0.15, -0.1) is 11.3 Å². The van der Waals surface area contributed by atoms with E-state index in [1.54, 1.807) is 11.3 Å². The first-order valence-corrected chi connectivity index (χ1v) is 6.63. The molecule has 0 aliphatic heterocycles. The predicted octanol–water partition coefficient (Wildman–Crippen LogP) is 4.63. The van der Waals surface area contributed by atoms with Gasteiger partial charge in [-0.1, -0.05) is 42.5 Å². The summed E-state index contributed by atoms with van der Waals surface area (Å²) in [5.41, 5.74) is 2.46. The van der Waals surface area contributed by atoms with Gasteiger partial charge in [0.15, 0.2) is 0 Å². The average Bonchev–Trinajstić information content (AvgIpc) is 2.81. The lowest BCUT2D eigenvalue weighted by atomic mass is 10.1. The summed E-state index contributed by atoms with van der Waals surface area (Å²) >= 11 is 1.71. The fourth-order valence-corrected chi connectivity index (χ4v) is 3.10. The molecule has 0 saturated carbocycles. The molecule has 0 atom stereocenters. The van der Waals surface area contributed by atoms with Crippen LogP contribution in [-0.2, 0) is 6.42 Å². The summed E-state index contributed by atoms with van der Waals surface area (Å²) < 4.78 is 1.25. The van der Waals surface area contributed by atoms with Gasteiger partial charge in [0.25, 0.3) is 0 Å². The van der Waals surface area contributed by atoms with Crippen LogP contribution in [0.5, 0.6) is 0 Å². The van der Waals surface area contributed by atoms with Gasteiger partial charge in [-0.2, -0.15) is 5.26 Å². The Balaban J connectivity index is 2.09. The number of fused-ring (bicyclic) bond motifs is 1. The zero-order valence-electron chi connectivity index (χ0n) is 9.76. The normalized spacial score (nSPS) is 10.4. The Morgan fingerprint density at radius 2 is 1.78 bits per heavy atom. The molecule has 0 aliphatic carbocycles. The molecule has 0 N–H and O–H groups in total. The van der Waals surface area contributed by atoms with Crippen LogP contribution in [0.2, 0.25) is 0 Å². The van der Waals surface area contributed by atoms with Gasteiger partial charge in [-0.05, 0) is 28.6 Å². The first kappa shape index (κ1) is 11.0. The first-order chi connectivity index (χ1) is 8.86. The molecule has 0 radical (unpaired) electrons. The van der Waals surface area contributed by atoms with Crippen molar-refractivity contribution in [2.75, 3.05) is 0 Å². The Bertz CT molecular complexity index is 720. The Morgan fingerprint density at radius 3 is 2.56 bits per heavy atom. The van der Waals surface area contributed by atoms with Gasteiger partial charge in [-0.25, -0.2) is 0 Å². The molecule has 0 saturated heterocycles. The Morgan fingerprint density at radius 1 is 0.944 bits per heavy atom. The van der Waals surface area contributed by atoms with Gasteiger partial charge in [0.1, 0.15) is 0 Å². The zero-order chi connectivity index (χ0) is 12.4. The van der Waals surface area contributed by atoms with E-state index in [0.717, 1.165) is 4.88 Å². The second-order valence-corrected chi connectivity index (χ2v) is 5.33. The summed E-state index contributed by atoms with van der Waals surface area (Å²) in [7, 11) is 0. The summed E-state index contributed by atoms with van der Waals surface area (Å²) in [5, 5.41) is 9.96. The fourth-order valence-electron chi connectivity index (χ4n) is 2.06. The van der Waals surface area contributed by atoms with Crippen LogP contribution in [0.4, 0.5) is 0 Å². The molecular formula is C16H11NS. The molecule has 18 heavy (non-hydrogen) atoms. The Kier molecular flexibility index (Phi) is 2.84. The Hall–Kier alpha value is -2.11. The summed E-state index contributed by atoms with van der Waals surface area (Å²) in [6.07, 6.45) is 0.500. The van der Waals surface area contributed by atoms with Crippen LogP contribution in [0.3, 0.4) is 0 Å². The van der Waals surface area contributed by atoms with E-state index < -0.39 is 0 Å². The van der Waals surface area contributed by atoms with Crippen LogP contribution < -0.4 is 0 Å². The highest BCUT2D eigenvalue weighted by Crippen LogP contribution is 2.30. The molecule has 2 heteroatoms. The zero-order valence-corrected chi connectivity index (χ0v) is 10.6. The monoisotopic (exact) mass is 249 g/mol. The van der Waals surface area contributed by atoms with Crippen LogP contribution in [0.25, 0.3) is 21.2 Å². The number of nitrogens with zero attached hydrogens (tertiary/aromatic N) is 1. The van der Waals surface area contributed by atoms with Gasteiger partial charge in [-0.3, -0.25) is 0 Å². The lowest BCUT2D eigenvalue weighted by Gasteiger charge is -2.00. The fraction of sp³-hybridized carbons (Fsp3) is 0.0625. The quantitative estimate of drug-likeness (QED) is 0.649. The standard InChI is InChI=1S/C16H11NS/c17-9-8-15-10-14-7-6-13(11-16(14)18-15)12-4-2-1-3-5-12/h1-7,10-11H,8H2. The van der Waals surface area contributed by atoms with Gasteiger partial charge in [0.2, 0.25) is 0 Å². The van der Waals surface area contributed by atoms with Crippen LogP contribution in [0.1, 0.15) is 4.88 Å². The van der Waals surface area contributed by atoms with E-state index in [1.807, 2.05) is 6.07 Å². The van der Waals surface area contributed by atoms with Crippen molar-refractivity contribution in [3.8, 4) is 17.2 Å². The van der Waals surface area contributed by atoms with Crippen molar-refractivity contribution < 1.29 is 0 Å². The predicted molar refractivity (Wildman–Crippen MR) is 76.6 cm³/mol. The van der Waals surface area contributed by atoms with Crippen molar-refractivity contribution in [2.24, 2.45) is 0 Å². The van der Waals surface area contributed by atoms with Gasteiger partial charge < -0.3 is 0 Å². The van der Waals surface area contributed by atoms with Crippen molar-refractivity contribution in [1.29, 1.82) is 5.26 Å². The smallest absolute Gasteiger partial charge is 0.0696 e. The van der Waals surface area contributed by atoms with E-state index in [1.165, 1.54) is 21.2 Å². The average molecular weight is 249 g/mol. The molecule has 0 unspecified atom stereocenters. The molecule has 0 fully saturated rings. The van der Waals surface area contributed by atoms with Gasteiger partial charge in [0, 0.05) is 9.58 Å². The highest BCUT2D eigenvalue weighted by molar-refractivity contribution is 7.19. The number of benzene rings is 2. The highest BCUT2D eigenvalue weighted by atomic mass is 32.1. The van der Waals surface area contributed by atoms with Gasteiger partial charge >= 0.3 is 0 Å². The molecule has 1 heterocycles. The molecule has 0 spiro atoms. The molecule has 2 aromatic carbocycles. The van der Waals surface area contributed by atoms with Crippen LogP contribution in [-0.4, -0.2) is 0 Å². The summed E-state index contributed by atoms with van der Waals surface area (Å²) in [6, 6.07) is 21.1. The molecule has 1 aromatic heterocycles. The van der Waals surface area contributed by atoms with E-state index >= 15 is 0 Å². The maximum absolute atomic E-state index is 8.73. The number of thiophene rings is 1. The molecule has 0 aliphatic rings. The van der Waals surface area contributed by atoms with Crippen molar-refractivity contribution in [1.82, 2.24) is 0 Å². The Labute approximate surface area is 110 Å². The number of nitriles is 1. The van der Waals surface area contributed by atoms with Crippen molar-refractivity contribution in [3.05, 3.63) is 59.5 Å². The first-order valence-electron chi connectivity index (χ1n) is 5.82. The second kappa shape index (κ2) is 4.64. The second-order valence-electron chi connectivity index (χ2n) is 4.17. The lowest BCUT2D eigenvalue weighted by Crippen LogP contribution is -1.75. The molecule has 3 aromatic rings. The van der Waals surface area contributed by atoms with E-state index in [4.69, 9.17) is 5.26 Å². The third-order valence-corrected chi connectivity index (χ3v) is 4.03. The third kappa shape index (κ3) is 2.01. The van der Waals surface area contributed by atoms with Gasteiger partial charge in [0.05, 0.1) is 12.5 Å². The third-order valence-electron chi connectivity index (χ3n) is 2.93. The van der Waals surface area contributed by atoms with E-state index in [9.17, 15) is 0 Å². The van der Waals surface area contributed by atoms with Crippen molar-refractivity contribution in [3.63, 3.8) is 0 Å². The molecule has 3 rings (SSSR count). The molecule has 1 nitrogen and oxygen atoms in total. The minimum atomic E-state index is 0.500. The summed E-state index contributed by atoms with van der Waals surface area (Å²) in [6.45, 7) is 0. The number of hydrogen-bond acceptors (Lipinski definition) is 2. The van der Waals surface area contributed by atoms with E-state index in [2.05, 4.69) is 54.6 Å². The molecule has 86 valence electrons. The maximum atomic E-state index is 8.73. The minimum absolute atomic E-state index is 0.500. The molecule has 0 amide bonds. The SMILES string of the molecule is N#CCc1cc2ccc(-c3ccccc3)cc2s1. The largest absolute Gasteiger partial charge is 0.198 e. The van der Waals surface area contributed by atoms with Crippen LogP contribution >= 0.6 is 11.3 Å². The molecular weight excluding hydrogens is 238 g/mol. The summed E-state index contributed by atoms with van der Waals surface area (Å²) in [5.74, 6) is 0. The minimum Gasteiger partial charge on any atom is -0.198 e. The van der Waals surface area contributed by atoms with Crippen molar-refractivity contribution >= 4 is 21.4 Å². The lowest BCUT2D eigenvalue weighted by molar-refractivity contribution is 1.32. The van der Waals surface area contributed by atoms with Crippen LogP contribution in [0.15, 0.2) is 54.6 Å². The number of rotatable bonds is 2. The highest BCUT2D eigenvalue weighted by Gasteiger charge is 2.03.